The highest BCUT2D eigenvalue weighted by molar-refractivity contribution is 5.93. The van der Waals surface area contributed by atoms with E-state index in [0.29, 0.717) is 11.1 Å². The van der Waals surface area contributed by atoms with Gasteiger partial charge in [-0.15, -0.1) is 0 Å². The normalized spacial score (nSPS) is 24.8. The number of aliphatic hydroxyl groups is 2. The molecule has 0 aromatic carbocycles. The van der Waals surface area contributed by atoms with E-state index in [2.05, 4.69) is 5.32 Å². The number of ketones is 1. The zero-order valence-corrected chi connectivity index (χ0v) is 14.9. The molecule has 0 aliphatic heterocycles. The van der Waals surface area contributed by atoms with E-state index < -0.39 is 35.5 Å². The quantitative estimate of drug-likeness (QED) is 0.413. The molecule has 1 aliphatic carbocycles. The molecule has 0 radical (unpaired) electrons. The highest BCUT2D eigenvalue weighted by Gasteiger charge is 2.46. The summed E-state index contributed by atoms with van der Waals surface area (Å²) >= 11 is 0. The van der Waals surface area contributed by atoms with E-state index in [-0.39, 0.29) is 12.2 Å². The van der Waals surface area contributed by atoms with Crippen molar-refractivity contribution in [2.24, 2.45) is 5.41 Å². The highest BCUT2D eigenvalue weighted by Crippen LogP contribution is 2.44. The zero-order chi connectivity index (χ0) is 19.4. The van der Waals surface area contributed by atoms with Crippen LogP contribution in [-0.2, 0) is 14.4 Å². The van der Waals surface area contributed by atoms with E-state index in [0.717, 1.165) is 0 Å². The van der Waals surface area contributed by atoms with Gasteiger partial charge in [-0.3, -0.25) is 9.59 Å². The number of carboxylic acids is 1. The smallest absolute Gasteiger partial charge is 0.328 e. The van der Waals surface area contributed by atoms with Crippen molar-refractivity contribution in [1.29, 1.82) is 0 Å². The molecule has 0 saturated heterocycles. The van der Waals surface area contributed by atoms with Gasteiger partial charge in [0.15, 0.2) is 11.8 Å². The Morgan fingerprint density at radius 3 is 2.48 bits per heavy atom. The van der Waals surface area contributed by atoms with Crippen molar-refractivity contribution in [2.75, 3.05) is 6.61 Å². The van der Waals surface area contributed by atoms with Crippen LogP contribution in [0.2, 0.25) is 0 Å². The number of amides is 1. The van der Waals surface area contributed by atoms with E-state index in [4.69, 9.17) is 10.2 Å². The van der Waals surface area contributed by atoms with Gasteiger partial charge >= 0.3 is 5.97 Å². The summed E-state index contributed by atoms with van der Waals surface area (Å²) in [6.07, 6.45) is 5.87. The average Bonchev–Trinajstić information content (AvgIpc) is 2.47. The van der Waals surface area contributed by atoms with Crippen molar-refractivity contribution in [3.05, 3.63) is 35.5 Å². The molecule has 0 heterocycles. The average molecular weight is 351 g/mol. The summed E-state index contributed by atoms with van der Waals surface area (Å²) in [6, 6.07) is -1.38. The Balaban J connectivity index is 2.96. The van der Waals surface area contributed by atoms with Crippen molar-refractivity contribution in [3.63, 3.8) is 0 Å². The fourth-order valence-corrected chi connectivity index (χ4v) is 2.77. The SMILES string of the molecule is CC1=CC(=O)CC(C)(C)[C@@]1(O)/C=C/C(C)=C\C(=O)N[C@@H](CO)C(=O)O. The summed E-state index contributed by atoms with van der Waals surface area (Å²) < 4.78 is 0. The molecule has 1 amide bonds. The molecule has 25 heavy (non-hydrogen) atoms. The van der Waals surface area contributed by atoms with Gasteiger partial charge in [0.05, 0.1) is 6.61 Å². The molecule has 1 aliphatic rings. The number of hydrogen-bond acceptors (Lipinski definition) is 5. The molecule has 0 fully saturated rings. The summed E-state index contributed by atoms with van der Waals surface area (Å²) in [5, 5.41) is 30.8. The number of carboxylic acid groups (broad SMARTS) is 1. The van der Waals surface area contributed by atoms with Crippen LogP contribution in [0.15, 0.2) is 35.5 Å². The van der Waals surface area contributed by atoms with Gasteiger partial charge in [0.2, 0.25) is 5.91 Å². The molecule has 0 bridgehead atoms. The molecule has 1 rings (SSSR count). The fourth-order valence-electron chi connectivity index (χ4n) is 2.77. The summed E-state index contributed by atoms with van der Waals surface area (Å²) in [6.45, 7) is 6.16. The Labute approximate surface area is 146 Å². The minimum atomic E-state index is -1.38. The van der Waals surface area contributed by atoms with Gasteiger partial charge in [-0.05, 0) is 37.1 Å². The first-order valence-electron chi connectivity index (χ1n) is 7.88. The Kier molecular flexibility index (Phi) is 6.45. The Hall–Kier alpha value is -2.25. The van der Waals surface area contributed by atoms with E-state index in [9.17, 15) is 19.5 Å². The number of carbonyl (C=O) groups is 3. The second-order valence-electron chi connectivity index (χ2n) is 6.92. The molecule has 0 aromatic rings. The van der Waals surface area contributed by atoms with Crippen LogP contribution in [0.1, 0.15) is 34.1 Å². The third-order valence-electron chi connectivity index (χ3n) is 4.37. The predicted octanol–water partition coefficient (Wildman–Crippen LogP) is 0.727. The van der Waals surface area contributed by atoms with E-state index >= 15 is 0 Å². The lowest BCUT2D eigenvalue weighted by Crippen LogP contribution is -2.48. The molecule has 0 spiro atoms. The zero-order valence-electron chi connectivity index (χ0n) is 14.9. The number of rotatable bonds is 6. The van der Waals surface area contributed by atoms with Crippen LogP contribution in [0.3, 0.4) is 0 Å². The van der Waals surface area contributed by atoms with E-state index in [1.807, 2.05) is 0 Å². The van der Waals surface area contributed by atoms with Crippen LogP contribution in [-0.4, -0.2) is 51.2 Å². The first-order valence-corrected chi connectivity index (χ1v) is 7.88. The van der Waals surface area contributed by atoms with Crippen molar-refractivity contribution in [2.45, 2.75) is 45.8 Å². The number of nitrogens with one attached hydrogen (secondary N) is 1. The number of aliphatic hydroxyl groups excluding tert-OH is 1. The molecule has 0 aromatic heterocycles. The maximum atomic E-state index is 11.8. The van der Waals surface area contributed by atoms with Crippen LogP contribution in [0.5, 0.6) is 0 Å². The number of carbonyl (C=O) groups excluding carboxylic acids is 2. The molecule has 0 unspecified atom stereocenters. The highest BCUT2D eigenvalue weighted by atomic mass is 16.4. The molecular formula is C18H25NO6. The van der Waals surface area contributed by atoms with Crippen molar-refractivity contribution < 1.29 is 29.7 Å². The Morgan fingerprint density at radius 1 is 1.40 bits per heavy atom. The minimum Gasteiger partial charge on any atom is -0.480 e. The van der Waals surface area contributed by atoms with Crippen LogP contribution in [0.25, 0.3) is 0 Å². The molecule has 0 saturated carbocycles. The van der Waals surface area contributed by atoms with Gasteiger partial charge in [0.1, 0.15) is 5.60 Å². The third kappa shape index (κ3) is 4.87. The van der Waals surface area contributed by atoms with Gasteiger partial charge in [-0.1, -0.05) is 19.9 Å². The van der Waals surface area contributed by atoms with Crippen molar-refractivity contribution >= 4 is 17.7 Å². The monoisotopic (exact) mass is 351 g/mol. The van der Waals surface area contributed by atoms with Gasteiger partial charge < -0.3 is 20.6 Å². The molecule has 4 N–H and O–H groups in total. The lowest BCUT2D eigenvalue weighted by atomic mass is 9.64. The predicted molar refractivity (Wildman–Crippen MR) is 91.7 cm³/mol. The summed E-state index contributed by atoms with van der Waals surface area (Å²) in [5.74, 6) is -2.04. The molecule has 2 atom stereocenters. The van der Waals surface area contributed by atoms with Crippen molar-refractivity contribution in [1.82, 2.24) is 5.32 Å². The Bertz CT molecular complexity index is 658. The fraction of sp³-hybridized carbons (Fsp3) is 0.500. The van der Waals surface area contributed by atoms with Crippen LogP contribution in [0.4, 0.5) is 0 Å². The van der Waals surface area contributed by atoms with Gasteiger partial charge in [0, 0.05) is 17.9 Å². The van der Waals surface area contributed by atoms with Gasteiger partial charge in [-0.2, -0.15) is 0 Å². The summed E-state index contributed by atoms with van der Waals surface area (Å²) in [5.41, 5.74) is -1.03. The Morgan fingerprint density at radius 2 is 2.00 bits per heavy atom. The maximum absolute atomic E-state index is 11.8. The van der Waals surface area contributed by atoms with Crippen LogP contribution < -0.4 is 5.32 Å². The van der Waals surface area contributed by atoms with Crippen LogP contribution >= 0.6 is 0 Å². The van der Waals surface area contributed by atoms with Gasteiger partial charge in [-0.25, -0.2) is 4.79 Å². The summed E-state index contributed by atoms with van der Waals surface area (Å²) in [4.78, 5) is 34.3. The van der Waals surface area contributed by atoms with E-state index in [1.165, 1.54) is 18.2 Å². The molecule has 138 valence electrons. The van der Waals surface area contributed by atoms with E-state index in [1.54, 1.807) is 33.8 Å². The lowest BCUT2D eigenvalue weighted by molar-refractivity contribution is -0.142. The minimum absolute atomic E-state index is 0.0454. The number of hydrogen-bond donors (Lipinski definition) is 4. The first kappa shape index (κ1) is 20.8. The summed E-state index contributed by atoms with van der Waals surface area (Å²) in [7, 11) is 0. The third-order valence-corrected chi connectivity index (χ3v) is 4.37. The second-order valence-corrected chi connectivity index (χ2v) is 6.92. The number of allylic oxidation sites excluding steroid dienone is 3. The molecular weight excluding hydrogens is 326 g/mol. The lowest BCUT2D eigenvalue weighted by Gasteiger charge is -2.44. The topological polar surface area (TPSA) is 124 Å². The first-order chi connectivity index (χ1) is 11.4. The standard InChI is InChI=1S/C18H25NO6/c1-11(7-15(22)19-14(10-20)16(23)24)5-6-18(25)12(2)8-13(21)9-17(18,3)4/h5-8,14,20,25H,9-10H2,1-4H3,(H,19,22)(H,23,24)/b6-5+,11-7-/t14-,18+/m0/s1. The van der Waals surface area contributed by atoms with Crippen LogP contribution in [0, 0.1) is 5.41 Å². The number of aliphatic carboxylic acids is 1. The van der Waals surface area contributed by atoms with Gasteiger partial charge in [0.25, 0.3) is 0 Å². The maximum Gasteiger partial charge on any atom is 0.328 e. The van der Waals surface area contributed by atoms with Crippen molar-refractivity contribution in [3.8, 4) is 0 Å². The molecule has 7 heteroatoms. The second kappa shape index (κ2) is 7.76. The molecule has 7 nitrogen and oxygen atoms in total. The largest absolute Gasteiger partial charge is 0.480 e.